The maximum Gasteiger partial charge on any atom is 0.410 e. The Morgan fingerprint density at radius 1 is 1.12 bits per heavy atom. The second-order valence-electron chi connectivity index (χ2n) is 8.82. The van der Waals surface area contributed by atoms with E-state index in [0.29, 0.717) is 19.4 Å². The number of nitro groups is 1. The van der Waals surface area contributed by atoms with Gasteiger partial charge in [0.1, 0.15) is 11.6 Å². The molecular formula is C20H28N4O7S. The van der Waals surface area contributed by atoms with Gasteiger partial charge in [-0.05, 0) is 39.7 Å². The van der Waals surface area contributed by atoms with E-state index in [2.05, 4.69) is 0 Å². The zero-order valence-electron chi connectivity index (χ0n) is 18.4. The minimum Gasteiger partial charge on any atom is -0.444 e. The Kier molecular flexibility index (Phi) is 6.75. The minimum atomic E-state index is -3.92. The van der Waals surface area contributed by atoms with E-state index in [-0.39, 0.29) is 42.7 Å². The summed E-state index contributed by atoms with van der Waals surface area (Å²) < 4.78 is 32.4. The zero-order chi connectivity index (χ0) is 23.7. The number of hydrogen-bond acceptors (Lipinski definition) is 7. The molecule has 2 fully saturated rings. The highest BCUT2D eigenvalue weighted by atomic mass is 32.2. The quantitative estimate of drug-likeness (QED) is 0.487. The Hall–Kier alpha value is -2.73. The SMILES string of the molecule is CC(C)(C)OC(=O)N1CCC[C@H]1C(=O)N1CCN(S(=O)(=O)c2cccc([N+](=O)[O-])c2)CC1. The molecule has 0 aliphatic carbocycles. The normalized spacial score (nSPS) is 20.3. The van der Waals surface area contributed by atoms with Gasteiger partial charge < -0.3 is 9.64 Å². The first-order chi connectivity index (χ1) is 14.9. The van der Waals surface area contributed by atoms with Gasteiger partial charge in [0.05, 0.1) is 9.82 Å². The van der Waals surface area contributed by atoms with Crippen LogP contribution in [-0.4, -0.2) is 83.8 Å². The first-order valence-corrected chi connectivity index (χ1v) is 11.9. The number of sulfonamides is 1. The predicted molar refractivity (Wildman–Crippen MR) is 114 cm³/mol. The predicted octanol–water partition coefficient (Wildman–Crippen LogP) is 1.83. The van der Waals surface area contributed by atoms with E-state index in [0.717, 1.165) is 6.07 Å². The maximum absolute atomic E-state index is 13.1. The van der Waals surface area contributed by atoms with E-state index in [9.17, 15) is 28.1 Å². The molecule has 32 heavy (non-hydrogen) atoms. The lowest BCUT2D eigenvalue weighted by atomic mass is 10.1. The van der Waals surface area contributed by atoms with Crippen LogP contribution in [0.15, 0.2) is 29.2 Å². The molecule has 1 aromatic rings. The molecule has 11 nitrogen and oxygen atoms in total. The van der Waals surface area contributed by atoms with E-state index in [1.165, 1.54) is 27.4 Å². The van der Waals surface area contributed by atoms with E-state index < -0.39 is 32.7 Å². The molecule has 176 valence electrons. The molecule has 0 unspecified atom stereocenters. The summed E-state index contributed by atoms with van der Waals surface area (Å²) in [5.74, 6) is -0.222. The first-order valence-electron chi connectivity index (χ1n) is 10.4. The molecular weight excluding hydrogens is 440 g/mol. The fourth-order valence-corrected chi connectivity index (χ4v) is 5.29. The number of nitrogens with zero attached hydrogens (tertiary/aromatic N) is 4. The van der Waals surface area contributed by atoms with Crippen molar-refractivity contribution in [3.8, 4) is 0 Å². The minimum absolute atomic E-state index is 0.0654. The molecule has 12 heteroatoms. The lowest BCUT2D eigenvalue weighted by Crippen LogP contribution is -2.55. The van der Waals surface area contributed by atoms with E-state index >= 15 is 0 Å². The average Bonchev–Trinajstić information content (AvgIpc) is 3.22. The van der Waals surface area contributed by atoms with Gasteiger partial charge in [0.25, 0.3) is 5.69 Å². The van der Waals surface area contributed by atoms with Crippen LogP contribution in [0.1, 0.15) is 33.6 Å². The monoisotopic (exact) mass is 468 g/mol. The van der Waals surface area contributed by atoms with Gasteiger partial charge in [-0.1, -0.05) is 6.07 Å². The Morgan fingerprint density at radius 2 is 1.78 bits per heavy atom. The van der Waals surface area contributed by atoms with Gasteiger partial charge in [0.2, 0.25) is 15.9 Å². The summed E-state index contributed by atoms with van der Waals surface area (Å²) in [6.07, 6.45) is 0.696. The number of carbonyl (C=O) groups excluding carboxylic acids is 2. The van der Waals surface area contributed by atoms with Gasteiger partial charge in [0.15, 0.2) is 0 Å². The van der Waals surface area contributed by atoms with Crippen molar-refractivity contribution in [3.05, 3.63) is 34.4 Å². The molecule has 0 radical (unpaired) electrons. The summed E-state index contributed by atoms with van der Waals surface area (Å²) in [6.45, 7) is 6.20. The van der Waals surface area contributed by atoms with Crippen molar-refractivity contribution in [1.82, 2.24) is 14.1 Å². The molecule has 1 aromatic carbocycles. The lowest BCUT2D eigenvalue weighted by Gasteiger charge is -2.37. The fraction of sp³-hybridized carbons (Fsp3) is 0.600. The molecule has 2 heterocycles. The summed E-state index contributed by atoms with van der Waals surface area (Å²) in [5.41, 5.74) is -0.969. The Balaban J connectivity index is 1.65. The summed E-state index contributed by atoms with van der Waals surface area (Å²) in [7, 11) is -3.92. The van der Waals surface area contributed by atoms with Crippen molar-refractivity contribution < 1.29 is 27.7 Å². The number of non-ortho nitro benzene ring substituents is 1. The fourth-order valence-electron chi connectivity index (χ4n) is 3.83. The van der Waals surface area contributed by atoms with E-state index in [4.69, 9.17) is 4.74 Å². The highest BCUT2D eigenvalue weighted by molar-refractivity contribution is 7.89. The van der Waals surface area contributed by atoms with Crippen LogP contribution in [0.25, 0.3) is 0 Å². The van der Waals surface area contributed by atoms with Crippen molar-refractivity contribution in [2.45, 2.75) is 50.2 Å². The number of rotatable bonds is 4. The third kappa shape index (κ3) is 5.18. The number of carbonyl (C=O) groups is 2. The second kappa shape index (κ2) is 9.02. The number of nitro benzene ring substituents is 1. The molecule has 0 spiro atoms. The zero-order valence-corrected chi connectivity index (χ0v) is 19.2. The van der Waals surface area contributed by atoms with Gasteiger partial charge in [-0.25, -0.2) is 13.2 Å². The summed E-state index contributed by atoms with van der Waals surface area (Å²) in [5, 5.41) is 11.0. The Labute approximate surface area is 187 Å². The van der Waals surface area contributed by atoms with Crippen molar-refractivity contribution in [2.75, 3.05) is 32.7 Å². The molecule has 2 saturated heterocycles. The Morgan fingerprint density at radius 3 is 2.38 bits per heavy atom. The standard InChI is InChI=1S/C20H28N4O7S/c1-20(2,3)31-19(26)23-9-5-8-17(23)18(25)21-10-12-22(13-11-21)32(29,30)16-7-4-6-15(14-16)24(27)28/h4,6-7,14,17H,5,8-13H2,1-3H3/t17-/m0/s1. The first kappa shape index (κ1) is 23.9. The number of hydrogen-bond donors (Lipinski definition) is 0. The molecule has 0 aromatic heterocycles. The third-order valence-electron chi connectivity index (χ3n) is 5.38. The van der Waals surface area contributed by atoms with Crippen LogP contribution >= 0.6 is 0 Å². The van der Waals surface area contributed by atoms with E-state index in [1.807, 2.05) is 0 Å². The van der Waals surface area contributed by atoms with Crippen LogP contribution in [0.4, 0.5) is 10.5 Å². The number of ether oxygens (including phenoxy) is 1. The lowest BCUT2D eigenvalue weighted by molar-refractivity contribution is -0.385. The van der Waals surface area contributed by atoms with Gasteiger partial charge in [-0.15, -0.1) is 0 Å². The molecule has 0 saturated carbocycles. The number of amides is 2. The summed E-state index contributed by atoms with van der Waals surface area (Å²) >= 11 is 0. The highest BCUT2D eigenvalue weighted by Crippen LogP contribution is 2.25. The highest BCUT2D eigenvalue weighted by Gasteiger charge is 2.40. The maximum atomic E-state index is 13.1. The van der Waals surface area contributed by atoms with Crippen LogP contribution in [0.3, 0.4) is 0 Å². The molecule has 3 rings (SSSR count). The summed E-state index contributed by atoms with van der Waals surface area (Å²) in [6, 6.07) is 4.29. The molecule has 0 N–H and O–H groups in total. The second-order valence-corrected chi connectivity index (χ2v) is 10.8. The van der Waals surface area contributed by atoms with Gasteiger partial charge in [-0.3, -0.25) is 19.8 Å². The largest absolute Gasteiger partial charge is 0.444 e. The molecule has 0 bridgehead atoms. The molecule has 2 aliphatic heterocycles. The van der Waals surface area contributed by atoms with Crippen molar-refractivity contribution in [3.63, 3.8) is 0 Å². The number of likely N-dealkylation sites (tertiary alicyclic amines) is 1. The van der Waals surface area contributed by atoms with E-state index in [1.54, 1.807) is 25.7 Å². The summed E-state index contributed by atoms with van der Waals surface area (Å²) in [4.78, 5) is 38.7. The average molecular weight is 469 g/mol. The number of benzene rings is 1. The third-order valence-corrected chi connectivity index (χ3v) is 7.28. The number of piperazine rings is 1. The van der Waals surface area contributed by atoms with Gasteiger partial charge >= 0.3 is 6.09 Å². The van der Waals surface area contributed by atoms with Crippen molar-refractivity contribution >= 4 is 27.7 Å². The van der Waals surface area contributed by atoms with Crippen LogP contribution in [-0.2, 0) is 19.6 Å². The molecule has 2 amide bonds. The van der Waals surface area contributed by atoms with Crippen LogP contribution < -0.4 is 0 Å². The molecule has 2 aliphatic rings. The van der Waals surface area contributed by atoms with Crippen molar-refractivity contribution in [2.24, 2.45) is 0 Å². The smallest absolute Gasteiger partial charge is 0.410 e. The Bertz CT molecular complexity index is 997. The van der Waals surface area contributed by atoms with Crippen molar-refractivity contribution in [1.29, 1.82) is 0 Å². The van der Waals surface area contributed by atoms with Crippen LogP contribution in [0, 0.1) is 10.1 Å². The van der Waals surface area contributed by atoms with Crippen LogP contribution in [0.5, 0.6) is 0 Å². The topological polar surface area (TPSA) is 130 Å². The van der Waals surface area contributed by atoms with Gasteiger partial charge in [0, 0.05) is 44.9 Å². The van der Waals surface area contributed by atoms with Crippen LogP contribution in [0.2, 0.25) is 0 Å². The van der Waals surface area contributed by atoms with Gasteiger partial charge in [-0.2, -0.15) is 4.31 Å². The molecule has 1 atom stereocenters.